The first-order valence-corrected chi connectivity index (χ1v) is 4.44. The molecule has 0 aliphatic rings. The second-order valence-corrected chi connectivity index (χ2v) is 3.55. The topological polar surface area (TPSA) is 74.0 Å². The Kier molecular flexibility index (Phi) is 3.21. The SMILES string of the molecule is N#Cc1ccnc(SC(F)(F)C(=O)O)c1. The van der Waals surface area contributed by atoms with E-state index in [0.29, 0.717) is 0 Å². The van der Waals surface area contributed by atoms with Gasteiger partial charge in [-0.25, -0.2) is 9.78 Å². The second kappa shape index (κ2) is 4.23. The van der Waals surface area contributed by atoms with Crippen molar-refractivity contribution >= 4 is 17.7 Å². The van der Waals surface area contributed by atoms with Crippen LogP contribution in [0.2, 0.25) is 0 Å². The number of aliphatic carboxylic acids is 1. The first-order chi connectivity index (χ1) is 6.95. The van der Waals surface area contributed by atoms with Crippen molar-refractivity contribution in [1.29, 1.82) is 5.26 Å². The summed E-state index contributed by atoms with van der Waals surface area (Å²) in [5.74, 6) is -2.24. The van der Waals surface area contributed by atoms with Crippen molar-refractivity contribution in [3.05, 3.63) is 23.9 Å². The molecule has 0 saturated carbocycles. The average Bonchev–Trinajstić information content (AvgIpc) is 2.17. The zero-order chi connectivity index (χ0) is 11.5. The van der Waals surface area contributed by atoms with Gasteiger partial charge < -0.3 is 5.11 Å². The Bertz CT molecular complexity index is 431. The summed E-state index contributed by atoms with van der Waals surface area (Å²) in [6, 6.07) is 4.17. The number of carboxylic acid groups (broad SMARTS) is 1. The number of carbonyl (C=O) groups is 1. The maximum absolute atomic E-state index is 12.7. The van der Waals surface area contributed by atoms with Gasteiger partial charge in [0.15, 0.2) is 0 Å². The third kappa shape index (κ3) is 2.89. The zero-order valence-electron chi connectivity index (χ0n) is 7.15. The first kappa shape index (κ1) is 11.4. The number of pyridine rings is 1. The van der Waals surface area contributed by atoms with Crippen molar-refractivity contribution in [2.24, 2.45) is 0 Å². The van der Waals surface area contributed by atoms with Crippen LogP contribution in [0.25, 0.3) is 0 Å². The van der Waals surface area contributed by atoms with Crippen LogP contribution in [0.4, 0.5) is 8.78 Å². The van der Waals surface area contributed by atoms with Gasteiger partial charge in [-0.1, -0.05) is 0 Å². The number of halogens is 2. The van der Waals surface area contributed by atoms with Crippen molar-refractivity contribution in [2.45, 2.75) is 10.3 Å². The molecule has 0 aliphatic heterocycles. The molecule has 1 rings (SSSR count). The molecular formula is C8H4F2N2O2S. The summed E-state index contributed by atoms with van der Waals surface area (Å²) in [7, 11) is 0. The quantitative estimate of drug-likeness (QED) is 0.800. The summed E-state index contributed by atoms with van der Waals surface area (Å²) in [5, 5.41) is 12.5. The van der Waals surface area contributed by atoms with Crippen LogP contribution in [0, 0.1) is 11.3 Å². The van der Waals surface area contributed by atoms with Crippen LogP contribution < -0.4 is 0 Å². The van der Waals surface area contributed by atoms with Crippen LogP contribution in [-0.2, 0) is 4.79 Å². The van der Waals surface area contributed by atoms with Crippen LogP contribution in [0.5, 0.6) is 0 Å². The van der Waals surface area contributed by atoms with E-state index in [1.54, 1.807) is 6.07 Å². The molecule has 1 aromatic rings. The lowest BCUT2D eigenvalue weighted by molar-refractivity contribution is -0.152. The van der Waals surface area contributed by atoms with Crippen LogP contribution in [-0.4, -0.2) is 21.3 Å². The second-order valence-electron chi connectivity index (χ2n) is 2.42. The van der Waals surface area contributed by atoms with Crippen molar-refractivity contribution < 1.29 is 18.7 Å². The van der Waals surface area contributed by atoms with Gasteiger partial charge in [0, 0.05) is 6.20 Å². The number of alkyl halides is 2. The van der Waals surface area contributed by atoms with E-state index in [-0.39, 0.29) is 22.4 Å². The lowest BCUT2D eigenvalue weighted by Gasteiger charge is -2.08. The maximum Gasteiger partial charge on any atom is 0.394 e. The molecule has 7 heteroatoms. The summed E-state index contributed by atoms with van der Waals surface area (Å²) in [4.78, 5) is 13.6. The molecule has 15 heavy (non-hydrogen) atoms. The van der Waals surface area contributed by atoms with Crippen molar-refractivity contribution in [3.63, 3.8) is 0 Å². The zero-order valence-corrected chi connectivity index (χ0v) is 7.96. The fourth-order valence-electron chi connectivity index (χ4n) is 0.710. The van der Waals surface area contributed by atoms with E-state index in [9.17, 15) is 13.6 Å². The minimum absolute atomic E-state index is 0.147. The largest absolute Gasteiger partial charge is 0.476 e. The highest BCUT2D eigenvalue weighted by Crippen LogP contribution is 2.34. The molecular weight excluding hydrogens is 226 g/mol. The van der Waals surface area contributed by atoms with E-state index in [2.05, 4.69) is 4.98 Å². The van der Waals surface area contributed by atoms with Gasteiger partial charge in [0.25, 0.3) is 0 Å². The van der Waals surface area contributed by atoms with Crippen LogP contribution in [0.1, 0.15) is 5.56 Å². The molecule has 0 unspecified atom stereocenters. The minimum atomic E-state index is -3.94. The summed E-state index contributed by atoms with van der Waals surface area (Å²) < 4.78 is 25.4. The molecule has 0 amide bonds. The lowest BCUT2D eigenvalue weighted by Crippen LogP contribution is -2.23. The molecule has 0 aromatic carbocycles. The lowest BCUT2D eigenvalue weighted by atomic mass is 10.3. The van der Waals surface area contributed by atoms with Gasteiger partial charge in [0.05, 0.1) is 11.6 Å². The Morgan fingerprint density at radius 3 is 2.87 bits per heavy atom. The number of hydrogen-bond acceptors (Lipinski definition) is 4. The van der Waals surface area contributed by atoms with E-state index in [4.69, 9.17) is 10.4 Å². The molecule has 4 nitrogen and oxygen atoms in total. The van der Waals surface area contributed by atoms with Gasteiger partial charge in [-0.15, -0.1) is 0 Å². The highest BCUT2D eigenvalue weighted by atomic mass is 32.2. The summed E-state index contributed by atoms with van der Waals surface area (Å²) in [5.41, 5.74) is 0.147. The maximum atomic E-state index is 12.7. The van der Waals surface area contributed by atoms with Gasteiger partial charge in [0.1, 0.15) is 5.03 Å². The molecule has 0 aliphatic carbocycles. The monoisotopic (exact) mass is 230 g/mol. The molecule has 0 saturated heterocycles. The molecule has 1 N–H and O–H groups in total. The molecule has 1 heterocycles. The highest BCUT2D eigenvalue weighted by Gasteiger charge is 2.40. The minimum Gasteiger partial charge on any atom is -0.476 e. The Morgan fingerprint density at radius 1 is 1.67 bits per heavy atom. The number of hydrogen-bond donors (Lipinski definition) is 1. The summed E-state index contributed by atoms with van der Waals surface area (Å²) >= 11 is -0.212. The van der Waals surface area contributed by atoms with Gasteiger partial charge in [-0.05, 0) is 23.9 Å². The average molecular weight is 230 g/mol. The number of aromatic nitrogens is 1. The number of thioether (sulfide) groups is 1. The van der Waals surface area contributed by atoms with Gasteiger partial charge in [-0.3, -0.25) is 0 Å². The fraction of sp³-hybridized carbons (Fsp3) is 0.125. The van der Waals surface area contributed by atoms with Gasteiger partial charge >= 0.3 is 11.2 Å². The Labute approximate surface area is 87.5 Å². The number of nitrogens with zero attached hydrogens (tertiary/aromatic N) is 2. The molecule has 0 radical (unpaired) electrons. The molecule has 0 fully saturated rings. The van der Waals surface area contributed by atoms with E-state index in [1.165, 1.54) is 12.3 Å². The van der Waals surface area contributed by atoms with E-state index in [0.717, 1.165) is 6.07 Å². The van der Waals surface area contributed by atoms with E-state index in [1.807, 2.05) is 0 Å². The predicted octanol–water partition coefficient (Wildman–Crippen LogP) is 1.72. The molecule has 78 valence electrons. The third-order valence-corrected chi connectivity index (χ3v) is 2.21. The third-order valence-electron chi connectivity index (χ3n) is 1.35. The Morgan fingerprint density at radius 2 is 2.33 bits per heavy atom. The van der Waals surface area contributed by atoms with Crippen molar-refractivity contribution in [1.82, 2.24) is 4.98 Å². The first-order valence-electron chi connectivity index (χ1n) is 3.62. The van der Waals surface area contributed by atoms with Crippen molar-refractivity contribution in [3.8, 4) is 6.07 Å². The normalized spacial score (nSPS) is 10.7. The standard InChI is InChI=1S/C8H4F2N2O2S/c9-8(10,7(13)14)15-6-3-5(4-11)1-2-12-6/h1-3H,(H,13,14). The highest BCUT2D eigenvalue weighted by molar-refractivity contribution is 8.01. The van der Waals surface area contributed by atoms with Gasteiger partial charge in [0.2, 0.25) is 0 Å². The summed E-state index contributed by atoms with van der Waals surface area (Å²) in [6.45, 7) is 0. The Hall–Kier alpha value is -1.68. The van der Waals surface area contributed by atoms with Crippen LogP contribution >= 0.6 is 11.8 Å². The number of carboxylic acids is 1. The molecule has 1 aromatic heterocycles. The van der Waals surface area contributed by atoms with E-state index < -0.39 is 11.2 Å². The van der Waals surface area contributed by atoms with Crippen LogP contribution in [0.3, 0.4) is 0 Å². The molecule has 0 bridgehead atoms. The fourth-order valence-corrected chi connectivity index (χ4v) is 1.36. The molecule has 0 spiro atoms. The Balaban J connectivity index is 2.91. The predicted molar refractivity (Wildman–Crippen MR) is 47.4 cm³/mol. The number of rotatable bonds is 3. The molecule has 0 atom stereocenters. The van der Waals surface area contributed by atoms with Crippen molar-refractivity contribution in [2.75, 3.05) is 0 Å². The van der Waals surface area contributed by atoms with Crippen LogP contribution in [0.15, 0.2) is 23.4 Å². The van der Waals surface area contributed by atoms with Gasteiger partial charge in [-0.2, -0.15) is 14.0 Å². The summed E-state index contributed by atoms with van der Waals surface area (Å²) in [6.07, 6.45) is 1.17. The smallest absolute Gasteiger partial charge is 0.394 e. The van der Waals surface area contributed by atoms with E-state index >= 15 is 0 Å². The number of nitriles is 1.